The Balaban J connectivity index is 2.02. The first-order valence-corrected chi connectivity index (χ1v) is 6.45. The first-order chi connectivity index (χ1) is 9.20. The van der Waals surface area contributed by atoms with Crippen LogP contribution in [0.1, 0.15) is 24.4 Å². The van der Waals surface area contributed by atoms with E-state index in [1.54, 1.807) is 12.6 Å². The Morgan fingerprint density at radius 3 is 2.84 bits per heavy atom. The Hall–Kier alpha value is -1.88. The highest BCUT2D eigenvalue weighted by Crippen LogP contribution is 2.19. The van der Waals surface area contributed by atoms with E-state index in [9.17, 15) is 0 Å². The Morgan fingerprint density at radius 1 is 1.37 bits per heavy atom. The predicted octanol–water partition coefficient (Wildman–Crippen LogP) is 2.35. The van der Waals surface area contributed by atoms with E-state index in [1.807, 2.05) is 32.3 Å². The van der Waals surface area contributed by atoms with Gasteiger partial charge in [0.2, 0.25) is 0 Å². The van der Waals surface area contributed by atoms with E-state index >= 15 is 0 Å². The minimum absolute atomic E-state index is 0.176. The zero-order valence-electron chi connectivity index (χ0n) is 11.6. The van der Waals surface area contributed by atoms with Crippen molar-refractivity contribution in [3.8, 4) is 0 Å². The summed E-state index contributed by atoms with van der Waals surface area (Å²) in [5.74, 6) is 1.80. The summed E-state index contributed by atoms with van der Waals surface area (Å²) in [6.07, 6.45) is 4.21. The Labute approximate surface area is 113 Å². The highest BCUT2D eigenvalue weighted by Gasteiger charge is 2.16. The van der Waals surface area contributed by atoms with Crippen LogP contribution in [0.2, 0.25) is 0 Å². The molecule has 0 unspecified atom stereocenters. The first-order valence-electron chi connectivity index (χ1n) is 6.45. The lowest BCUT2D eigenvalue weighted by Gasteiger charge is -2.22. The lowest BCUT2D eigenvalue weighted by atomic mass is 10.2. The van der Waals surface area contributed by atoms with Crippen LogP contribution in [0.4, 0.5) is 5.82 Å². The molecule has 2 heterocycles. The fourth-order valence-corrected chi connectivity index (χ4v) is 1.91. The summed E-state index contributed by atoms with van der Waals surface area (Å²) in [6.45, 7) is 2.82. The van der Waals surface area contributed by atoms with Crippen LogP contribution in [0.15, 0.2) is 35.2 Å². The molecule has 0 aromatic carbocycles. The number of anilines is 1. The second kappa shape index (κ2) is 6.33. The predicted molar refractivity (Wildman–Crippen MR) is 75.0 cm³/mol. The highest BCUT2D eigenvalue weighted by atomic mass is 16.3. The smallest absolute Gasteiger partial charge is 0.129 e. The van der Waals surface area contributed by atoms with Gasteiger partial charge >= 0.3 is 0 Å². The van der Waals surface area contributed by atoms with Crippen LogP contribution in [0.5, 0.6) is 0 Å². The summed E-state index contributed by atoms with van der Waals surface area (Å²) in [5.41, 5.74) is 1.04. The van der Waals surface area contributed by atoms with E-state index < -0.39 is 0 Å². The van der Waals surface area contributed by atoms with Gasteiger partial charge in [0.05, 0.1) is 12.3 Å². The average molecular weight is 260 g/mol. The second-order valence-electron chi connectivity index (χ2n) is 4.62. The highest BCUT2D eigenvalue weighted by molar-refractivity contribution is 5.35. The van der Waals surface area contributed by atoms with Gasteiger partial charge in [0, 0.05) is 18.3 Å². The van der Waals surface area contributed by atoms with Crippen molar-refractivity contribution >= 4 is 5.82 Å². The molecule has 0 saturated heterocycles. The molecule has 19 heavy (non-hydrogen) atoms. The van der Waals surface area contributed by atoms with Crippen molar-refractivity contribution in [3.05, 3.63) is 42.2 Å². The molecular formula is C14H20N4O. The molecule has 1 atom stereocenters. The fourth-order valence-electron chi connectivity index (χ4n) is 1.91. The molecule has 2 rings (SSSR count). The third kappa shape index (κ3) is 3.54. The third-order valence-electron chi connectivity index (χ3n) is 3.06. The minimum atomic E-state index is 0.176. The fraction of sp³-hybridized carbons (Fsp3) is 0.429. The zero-order chi connectivity index (χ0) is 13.7. The Kier molecular flexibility index (Phi) is 4.52. The lowest BCUT2D eigenvalue weighted by molar-refractivity contribution is 0.269. The SMILES string of the molecule is CCc1cc(NC[C@@H](c2ccco2)N(C)C)ncn1. The maximum Gasteiger partial charge on any atom is 0.129 e. The monoisotopic (exact) mass is 260 g/mol. The molecule has 0 bridgehead atoms. The zero-order valence-corrected chi connectivity index (χ0v) is 11.6. The topological polar surface area (TPSA) is 54.2 Å². The summed E-state index contributed by atoms with van der Waals surface area (Å²) in [7, 11) is 4.07. The number of hydrogen-bond donors (Lipinski definition) is 1. The number of aromatic nitrogens is 2. The quantitative estimate of drug-likeness (QED) is 0.864. The first kappa shape index (κ1) is 13.5. The number of aryl methyl sites for hydroxylation is 1. The molecule has 2 aromatic heterocycles. The van der Waals surface area contributed by atoms with Gasteiger partial charge in [0.1, 0.15) is 17.9 Å². The van der Waals surface area contributed by atoms with E-state index in [0.717, 1.165) is 30.2 Å². The van der Waals surface area contributed by atoms with Gasteiger partial charge in [-0.3, -0.25) is 4.90 Å². The molecular weight excluding hydrogens is 240 g/mol. The second-order valence-corrected chi connectivity index (χ2v) is 4.62. The molecule has 0 aliphatic heterocycles. The Bertz CT molecular complexity index is 496. The van der Waals surface area contributed by atoms with Crippen molar-refractivity contribution in [2.75, 3.05) is 26.0 Å². The van der Waals surface area contributed by atoms with Gasteiger partial charge < -0.3 is 9.73 Å². The van der Waals surface area contributed by atoms with Gasteiger partial charge in [-0.1, -0.05) is 6.92 Å². The summed E-state index contributed by atoms with van der Waals surface area (Å²) >= 11 is 0. The van der Waals surface area contributed by atoms with E-state index in [0.29, 0.717) is 0 Å². The van der Waals surface area contributed by atoms with Gasteiger partial charge in [0.25, 0.3) is 0 Å². The van der Waals surface area contributed by atoms with E-state index in [2.05, 4.69) is 27.1 Å². The molecule has 0 saturated carbocycles. The molecule has 0 radical (unpaired) electrons. The van der Waals surface area contributed by atoms with Crippen LogP contribution in [0.25, 0.3) is 0 Å². The van der Waals surface area contributed by atoms with Crippen molar-refractivity contribution in [3.63, 3.8) is 0 Å². The van der Waals surface area contributed by atoms with Gasteiger partial charge in [-0.15, -0.1) is 0 Å². The average Bonchev–Trinajstić information content (AvgIpc) is 2.93. The van der Waals surface area contributed by atoms with E-state index in [-0.39, 0.29) is 6.04 Å². The van der Waals surface area contributed by atoms with Crippen molar-refractivity contribution in [2.45, 2.75) is 19.4 Å². The number of rotatable bonds is 6. The third-order valence-corrected chi connectivity index (χ3v) is 3.06. The minimum Gasteiger partial charge on any atom is -0.468 e. The molecule has 102 valence electrons. The maximum atomic E-state index is 5.48. The number of furan rings is 1. The molecule has 1 N–H and O–H groups in total. The number of nitrogens with zero attached hydrogens (tertiary/aromatic N) is 3. The number of likely N-dealkylation sites (N-methyl/N-ethyl adjacent to an activating group) is 1. The summed E-state index contributed by atoms with van der Waals surface area (Å²) < 4.78 is 5.48. The van der Waals surface area contributed by atoms with Crippen LogP contribution in [0.3, 0.4) is 0 Å². The molecule has 0 aliphatic rings. The lowest BCUT2D eigenvalue weighted by Crippen LogP contribution is -2.26. The van der Waals surface area contributed by atoms with E-state index in [4.69, 9.17) is 4.42 Å². The normalized spacial score (nSPS) is 12.6. The van der Waals surface area contributed by atoms with Crippen molar-refractivity contribution < 1.29 is 4.42 Å². The van der Waals surface area contributed by atoms with Crippen molar-refractivity contribution in [1.29, 1.82) is 0 Å². The molecule has 2 aromatic rings. The molecule has 0 spiro atoms. The van der Waals surface area contributed by atoms with Crippen LogP contribution < -0.4 is 5.32 Å². The molecule has 5 nitrogen and oxygen atoms in total. The van der Waals surface area contributed by atoms with Crippen molar-refractivity contribution in [2.24, 2.45) is 0 Å². The summed E-state index contributed by atoms with van der Waals surface area (Å²) in [6, 6.07) is 6.06. The summed E-state index contributed by atoms with van der Waals surface area (Å²) in [5, 5.41) is 3.34. The standard InChI is InChI=1S/C14H20N4O/c1-4-11-8-14(17-10-16-11)15-9-12(18(2)3)13-6-5-7-19-13/h5-8,10,12H,4,9H2,1-3H3,(H,15,16,17)/t12-/m0/s1. The molecule has 5 heteroatoms. The van der Waals surface area contributed by atoms with Crippen LogP contribution in [-0.2, 0) is 6.42 Å². The van der Waals surface area contributed by atoms with Crippen LogP contribution in [-0.4, -0.2) is 35.5 Å². The summed E-state index contributed by atoms with van der Waals surface area (Å²) in [4.78, 5) is 10.5. The number of hydrogen-bond acceptors (Lipinski definition) is 5. The van der Waals surface area contributed by atoms with Gasteiger partial charge in [-0.25, -0.2) is 9.97 Å². The molecule has 0 aliphatic carbocycles. The van der Waals surface area contributed by atoms with Gasteiger partial charge in [-0.05, 0) is 32.6 Å². The Morgan fingerprint density at radius 2 is 2.21 bits per heavy atom. The van der Waals surface area contributed by atoms with Gasteiger partial charge in [-0.2, -0.15) is 0 Å². The molecule has 0 amide bonds. The van der Waals surface area contributed by atoms with Gasteiger partial charge in [0.15, 0.2) is 0 Å². The van der Waals surface area contributed by atoms with E-state index in [1.165, 1.54) is 0 Å². The number of nitrogens with one attached hydrogen (secondary N) is 1. The van der Waals surface area contributed by atoms with Crippen LogP contribution >= 0.6 is 0 Å². The molecule has 0 fully saturated rings. The van der Waals surface area contributed by atoms with Crippen LogP contribution in [0, 0.1) is 0 Å². The maximum absolute atomic E-state index is 5.48. The largest absolute Gasteiger partial charge is 0.468 e. The van der Waals surface area contributed by atoms with Crippen molar-refractivity contribution in [1.82, 2.24) is 14.9 Å².